The van der Waals surface area contributed by atoms with Gasteiger partial charge in [-0.05, 0) is 32.0 Å². The molecule has 29 heavy (non-hydrogen) atoms. The van der Waals surface area contributed by atoms with E-state index in [-0.39, 0.29) is 6.10 Å². The lowest BCUT2D eigenvalue weighted by Gasteiger charge is -2.14. The second kappa shape index (κ2) is 8.80. The zero-order chi connectivity index (χ0) is 20.2. The Bertz CT molecular complexity index is 1090. The van der Waals surface area contributed by atoms with Crippen LogP contribution in [0.15, 0.2) is 65.1 Å². The molecule has 2 aromatic carbocycles. The molecule has 0 aliphatic carbocycles. The van der Waals surface area contributed by atoms with Crippen LogP contribution in [0.2, 0.25) is 0 Å². The second-order valence-electron chi connectivity index (χ2n) is 6.78. The van der Waals surface area contributed by atoms with E-state index in [0.717, 1.165) is 33.2 Å². The maximum Gasteiger partial charge on any atom is 0.191 e. The average molecular weight is 423 g/mol. The summed E-state index contributed by atoms with van der Waals surface area (Å²) in [6.45, 7) is 4.09. The minimum absolute atomic E-state index is 0.184. The highest BCUT2D eigenvalue weighted by Crippen LogP contribution is 2.29. The van der Waals surface area contributed by atoms with E-state index in [1.165, 1.54) is 11.1 Å². The molecule has 7 heteroatoms. The Kier molecular flexibility index (Phi) is 5.97. The van der Waals surface area contributed by atoms with Crippen LogP contribution in [-0.2, 0) is 12.8 Å². The summed E-state index contributed by atoms with van der Waals surface area (Å²) in [7, 11) is 1.97. The van der Waals surface area contributed by atoms with Crippen molar-refractivity contribution in [1.82, 2.24) is 19.7 Å². The van der Waals surface area contributed by atoms with Gasteiger partial charge in [-0.15, -0.1) is 21.5 Å². The molecule has 1 unspecified atom stereocenters. The fraction of sp³-hybridized carbons (Fsp3) is 0.227. The lowest BCUT2D eigenvalue weighted by Crippen LogP contribution is -2.10. The van der Waals surface area contributed by atoms with E-state index in [9.17, 15) is 0 Å². The molecule has 1 atom stereocenters. The van der Waals surface area contributed by atoms with Gasteiger partial charge in [0.25, 0.3) is 0 Å². The number of aromatic nitrogens is 4. The minimum atomic E-state index is -0.184. The van der Waals surface area contributed by atoms with Crippen molar-refractivity contribution in [3.8, 4) is 16.3 Å². The fourth-order valence-corrected chi connectivity index (χ4v) is 4.72. The first-order chi connectivity index (χ1) is 14.1. The van der Waals surface area contributed by atoms with E-state index in [1.807, 2.05) is 48.9 Å². The zero-order valence-electron chi connectivity index (χ0n) is 16.6. The van der Waals surface area contributed by atoms with E-state index in [0.29, 0.717) is 0 Å². The van der Waals surface area contributed by atoms with Crippen molar-refractivity contribution in [1.29, 1.82) is 0 Å². The lowest BCUT2D eigenvalue weighted by atomic mass is 10.1. The van der Waals surface area contributed by atoms with Crippen LogP contribution in [0.4, 0.5) is 0 Å². The van der Waals surface area contributed by atoms with Crippen molar-refractivity contribution < 1.29 is 4.74 Å². The van der Waals surface area contributed by atoms with Crippen molar-refractivity contribution in [2.75, 3.05) is 0 Å². The van der Waals surface area contributed by atoms with Gasteiger partial charge in [-0.25, -0.2) is 4.98 Å². The third-order valence-corrected chi connectivity index (χ3v) is 6.45. The molecule has 5 nitrogen and oxygen atoms in total. The number of hydrogen-bond acceptors (Lipinski definition) is 6. The third kappa shape index (κ3) is 4.68. The van der Waals surface area contributed by atoms with E-state index >= 15 is 0 Å². The van der Waals surface area contributed by atoms with Crippen LogP contribution in [0.1, 0.15) is 30.1 Å². The molecule has 0 N–H and O–H groups in total. The molecule has 0 spiro atoms. The molecule has 0 aliphatic rings. The average Bonchev–Trinajstić information content (AvgIpc) is 3.34. The maximum atomic E-state index is 5.98. The second-order valence-corrected chi connectivity index (χ2v) is 8.58. The zero-order valence-corrected chi connectivity index (χ0v) is 18.2. The Morgan fingerprint density at radius 3 is 2.72 bits per heavy atom. The molecular weight excluding hydrogens is 400 g/mol. The Morgan fingerprint density at radius 1 is 1.10 bits per heavy atom. The number of nitrogens with zero attached hydrogens (tertiary/aromatic N) is 4. The van der Waals surface area contributed by atoms with Crippen molar-refractivity contribution >= 4 is 23.1 Å². The molecule has 0 aliphatic heterocycles. The Hall–Kier alpha value is -2.64. The molecular formula is C22H22N4OS2. The molecule has 148 valence electrons. The highest BCUT2D eigenvalue weighted by Gasteiger charge is 2.17. The number of ether oxygens (including phenoxy) is 1. The van der Waals surface area contributed by atoms with Crippen molar-refractivity contribution in [2.24, 2.45) is 7.05 Å². The number of thiazole rings is 1. The van der Waals surface area contributed by atoms with E-state index < -0.39 is 0 Å². The smallest absolute Gasteiger partial charge is 0.191 e. The molecule has 0 bridgehead atoms. The van der Waals surface area contributed by atoms with Crippen molar-refractivity contribution in [3.63, 3.8) is 0 Å². The van der Waals surface area contributed by atoms with Gasteiger partial charge < -0.3 is 9.30 Å². The normalized spacial score (nSPS) is 12.1. The van der Waals surface area contributed by atoms with E-state index in [1.54, 1.807) is 23.1 Å². The predicted octanol–water partition coefficient (Wildman–Crippen LogP) is 5.68. The molecule has 0 saturated heterocycles. The summed E-state index contributed by atoms with van der Waals surface area (Å²) in [5.41, 5.74) is 3.46. The van der Waals surface area contributed by atoms with E-state index in [4.69, 9.17) is 9.72 Å². The summed E-state index contributed by atoms with van der Waals surface area (Å²) in [6.07, 6.45) is -0.184. The van der Waals surface area contributed by atoms with Crippen LogP contribution in [0.25, 0.3) is 10.6 Å². The summed E-state index contributed by atoms with van der Waals surface area (Å²) in [5.74, 6) is 2.38. The topological polar surface area (TPSA) is 52.8 Å². The summed E-state index contributed by atoms with van der Waals surface area (Å²) in [4.78, 5) is 4.78. The standard InChI is InChI=1S/C22H22N4OS2/c1-15-8-7-9-17(12-15)21-23-18(13-28-21)14-29-22-25-24-20(26(22)3)16(2)27-19-10-5-4-6-11-19/h4-13,16H,14H2,1-3H3. The Labute approximate surface area is 178 Å². The van der Waals surface area contributed by atoms with Crippen LogP contribution in [-0.4, -0.2) is 19.7 Å². The monoisotopic (exact) mass is 422 g/mol. The van der Waals surface area contributed by atoms with Crippen LogP contribution in [0.3, 0.4) is 0 Å². The molecule has 2 heterocycles. The molecule has 4 aromatic rings. The molecule has 2 aromatic heterocycles. The number of rotatable bonds is 7. The van der Waals surface area contributed by atoms with Gasteiger partial charge in [0.1, 0.15) is 10.8 Å². The SMILES string of the molecule is Cc1cccc(-c2nc(CSc3nnc(C(C)Oc4ccccc4)n3C)cs2)c1. The van der Waals surface area contributed by atoms with Gasteiger partial charge in [-0.2, -0.15) is 0 Å². The van der Waals surface area contributed by atoms with Gasteiger partial charge in [0.2, 0.25) is 0 Å². The number of thioether (sulfide) groups is 1. The minimum Gasteiger partial charge on any atom is -0.483 e. The first kappa shape index (κ1) is 19.7. The molecule has 0 fully saturated rings. The number of para-hydroxylation sites is 1. The lowest BCUT2D eigenvalue weighted by molar-refractivity contribution is 0.211. The van der Waals surface area contributed by atoms with Gasteiger partial charge >= 0.3 is 0 Å². The maximum absolute atomic E-state index is 5.98. The molecule has 4 rings (SSSR count). The summed E-state index contributed by atoms with van der Waals surface area (Å²) in [5, 5.41) is 12.7. The third-order valence-electron chi connectivity index (χ3n) is 4.45. The molecule has 0 amide bonds. The first-order valence-electron chi connectivity index (χ1n) is 9.35. The largest absolute Gasteiger partial charge is 0.483 e. The molecule has 0 saturated carbocycles. The summed E-state index contributed by atoms with van der Waals surface area (Å²) < 4.78 is 7.97. The fourth-order valence-electron chi connectivity index (χ4n) is 2.98. The van der Waals surface area contributed by atoms with Gasteiger partial charge in [0, 0.05) is 23.7 Å². The predicted molar refractivity (Wildman–Crippen MR) is 118 cm³/mol. The van der Waals surface area contributed by atoms with Crippen LogP contribution in [0.5, 0.6) is 5.75 Å². The molecule has 0 radical (unpaired) electrons. The van der Waals surface area contributed by atoms with Crippen LogP contribution >= 0.6 is 23.1 Å². The van der Waals surface area contributed by atoms with Crippen LogP contribution in [0, 0.1) is 6.92 Å². The number of hydrogen-bond donors (Lipinski definition) is 0. The number of aryl methyl sites for hydroxylation is 1. The van der Waals surface area contributed by atoms with Crippen LogP contribution < -0.4 is 4.74 Å². The van der Waals surface area contributed by atoms with Gasteiger partial charge in [0.05, 0.1) is 5.69 Å². The van der Waals surface area contributed by atoms with Gasteiger partial charge in [0.15, 0.2) is 17.1 Å². The first-order valence-corrected chi connectivity index (χ1v) is 11.2. The van der Waals surface area contributed by atoms with Gasteiger partial charge in [-0.1, -0.05) is 53.7 Å². The Balaban J connectivity index is 1.41. The van der Waals surface area contributed by atoms with Crippen molar-refractivity contribution in [2.45, 2.75) is 30.9 Å². The highest BCUT2D eigenvalue weighted by molar-refractivity contribution is 7.98. The Morgan fingerprint density at radius 2 is 1.93 bits per heavy atom. The highest BCUT2D eigenvalue weighted by atomic mass is 32.2. The van der Waals surface area contributed by atoms with Gasteiger partial charge in [-0.3, -0.25) is 0 Å². The quantitative estimate of drug-likeness (QED) is 0.359. The van der Waals surface area contributed by atoms with E-state index in [2.05, 4.69) is 46.8 Å². The number of benzene rings is 2. The summed E-state index contributed by atoms with van der Waals surface area (Å²) >= 11 is 3.31. The van der Waals surface area contributed by atoms with Crippen molar-refractivity contribution in [3.05, 3.63) is 77.1 Å². The summed E-state index contributed by atoms with van der Waals surface area (Å²) in [6, 6.07) is 18.2.